The zero-order chi connectivity index (χ0) is 13.2. The third-order valence-corrected chi connectivity index (χ3v) is 3.18. The van der Waals surface area contributed by atoms with Gasteiger partial charge in [0.15, 0.2) is 0 Å². The van der Waals surface area contributed by atoms with Gasteiger partial charge in [0.2, 0.25) is 0 Å². The van der Waals surface area contributed by atoms with Gasteiger partial charge >= 0.3 is 0 Å². The van der Waals surface area contributed by atoms with Crippen LogP contribution in [0.15, 0.2) is 24.3 Å². The van der Waals surface area contributed by atoms with E-state index in [0.29, 0.717) is 12.8 Å². The highest BCUT2D eigenvalue weighted by molar-refractivity contribution is 5.94. The summed E-state index contributed by atoms with van der Waals surface area (Å²) in [6.45, 7) is 0.189. The molecule has 2 N–H and O–H groups in total. The summed E-state index contributed by atoms with van der Waals surface area (Å²) in [5.74, 6) is -0.404. The van der Waals surface area contributed by atoms with Gasteiger partial charge in [0, 0.05) is 24.2 Å². The molecule has 6 heteroatoms. The van der Waals surface area contributed by atoms with E-state index in [9.17, 15) is 20.0 Å². The standard InChI is InChI=1S/C12H14N2O4/c15-11(13-8-12(16)5-2-6-12)9-3-1-4-10(7-9)14(17)18/h1,3-4,7,16H,2,5-6,8H2,(H,13,15). The van der Waals surface area contributed by atoms with Gasteiger partial charge in [-0.2, -0.15) is 0 Å². The molecule has 1 aromatic rings. The van der Waals surface area contributed by atoms with E-state index in [1.54, 1.807) is 0 Å². The van der Waals surface area contributed by atoms with E-state index in [-0.39, 0.29) is 17.8 Å². The molecule has 0 spiro atoms. The summed E-state index contributed by atoms with van der Waals surface area (Å²) in [4.78, 5) is 21.8. The zero-order valence-electron chi connectivity index (χ0n) is 9.76. The second-order valence-electron chi connectivity index (χ2n) is 4.57. The molecule has 96 valence electrons. The first-order valence-corrected chi connectivity index (χ1v) is 5.75. The number of nitro benzene ring substituents is 1. The van der Waals surface area contributed by atoms with Crippen LogP contribution in [0.25, 0.3) is 0 Å². The summed E-state index contributed by atoms with van der Waals surface area (Å²) in [5, 5.41) is 23.0. The summed E-state index contributed by atoms with van der Waals surface area (Å²) in [7, 11) is 0. The Labute approximate surface area is 104 Å². The van der Waals surface area contributed by atoms with Crippen LogP contribution in [0.1, 0.15) is 29.6 Å². The third-order valence-electron chi connectivity index (χ3n) is 3.18. The summed E-state index contributed by atoms with van der Waals surface area (Å²) >= 11 is 0. The number of carbonyl (C=O) groups excluding carboxylic acids is 1. The third kappa shape index (κ3) is 2.65. The number of nitrogens with zero attached hydrogens (tertiary/aromatic N) is 1. The largest absolute Gasteiger partial charge is 0.388 e. The molecule has 0 unspecified atom stereocenters. The highest BCUT2D eigenvalue weighted by Crippen LogP contribution is 2.30. The molecular formula is C12H14N2O4. The van der Waals surface area contributed by atoms with Gasteiger partial charge in [0.25, 0.3) is 11.6 Å². The quantitative estimate of drug-likeness (QED) is 0.621. The average molecular weight is 250 g/mol. The number of rotatable bonds is 4. The van der Waals surface area contributed by atoms with Crippen LogP contribution in [-0.2, 0) is 0 Å². The number of nitro groups is 1. The lowest BCUT2D eigenvalue weighted by molar-refractivity contribution is -0.384. The lowest BCUT2D eigenvalue weighted by Gasteiger charge is -2.36. The van der Waals surface area contributed by atoms with Crippen LogP contribution in [0.3, 0.4) is 0 Å². The second-order valence-corrected chi connectivity index (χ2v) is 4.57. The zero-order valence-corrected chi connectivity index (χ0v) is 9.76. The maximum atomic E-state index is 11.8. The molecule has 1 amide bonds. The van der Waals surface area contributed by atoms with Crippen molar-refractivity contribution in [3.05, 3.63) is 39.9 Å². The van der Waals surface area contributed by atoms with Gasteiger partial charge < -0.3 is 10.4 Å². The normalized spacial score (nSPS) is 16.7. The molecule has 18 heavy (non-hydrogen) atoms. The van der Waals surface area contributed by atoms with Crippen LogP contribution in [0.4, 0.5) is 5.69 Å². The Hall–Kier alpha value is -1.95. The number of nitrogens with one attached hydrogen (secondary N) is 1. The average Bonchev–Trinajstić information content (AvgIpc) is 2.33. The van der Waals surface area contributed by atoms with Gasteiger partial charge in [-0.05, 0) is 25.3 Å². The Morgan fingerprint density at radius 1 is 1.50 bits per heavy atom. The number of carbonyl (C=O) groups is 1. The minimum absolute atomic E-state index is 0.120. The highest BCUT2D eigenvalue weighted by Gasteiger charge is 2.34. The van der Waals surface area contributed by atoms with E-state index in [4.69, 9.17) is 0 Å². The van der Waals surface area contributed by atoms with E-state index < -0.39 is 16.4 Å². The Morgan fingerprint density at radius 2 is 2.22 bits per heavy atom. The van der Waals surface area contributed by atoms with Gasteiger partial charge in [-0.3, -0.25) is 14.9 Å². The molecule has 1 fully saturated rings. The van der Waals surface area contributed by atoms with Gasteiger partial charge in [-0.25, -0.2) is 0 Å². The lowest BCUT2D eigenvalue weighted by Crippen LogP contribution is -2.47. The first-order valence-electron chi connectivity index (χ1n) is 5.75. The Kier molecular flexibility index (Phi) is 3.29. The first-order chi connectivity index (χ1) is 8.50. The van der Waals surface area contributed by atoms with Crippen molar-refractivity contribution >= 4 is 11.6 Å². The van der Waals surface area contributed by atoms with Crippen molar-refractivity contribution in [1.82, 2.24) is 5.32 Å². The number of aliphatic hydroxyl groups is 1. The molecule has 1 saturated carbocycles. The highest BCUT2D eigenvalue weighted by atomic mass is 16.6. The molecule has 0 radical (unpaired) electrons. The monoisotopic (exact) mass is 250 g/mol. The van der Waals surface area contributed by atoms with Crippen molar-refractivity contribution in [2.75, 3.05) is 6.54 Å². The fourth-order valence-electron chi connectivity index (χ4n) is 1.87. The molecule has 0 aromatic heterocycles. The number of hydrogen-bond donors (Lipinski definition) is 2. The number of amides is 1. The molecule has 2 rings (SSSR count). The minimum Gasteiger partial charge on any atom is -0.388 e. The number of non-ortho nitro benzene ring substituents is 1. The predicted octanol–water partition coefficient (Wildman–Crippen LogP) is 1.24. The van der Waals surface area contributed by atoms with E-state index in [2.05, 4.69) is 5.32 Å². The molecule has 0 bridgehead atoms. The van der Waals surface area contributed by atoms with Gasteiger partial charge in [-0.15, -0.1) is 0 Å². The fourth-order valence-corrected chi connectivity index (χ4v) is 1.87. The molecule has 1 aromatic carbocycles. The Balaban J connectivity index is 2.00. The second kappa shape index (κ2) is 4.73. The first kappa shape index (κ1) is 12.5. The van der Waals surface area contributed by atoms with Crippen LogP contribution in [0, 0.1) is 10.1 Å². The molecule has 0 heterocycles. The summed E-state index contributed by atoms with van der Waals surface area (Å²) in [5.41, 5.74) is -0.687. The lowest BCUT2D eigenvalue weighted by atomic mass is 9.80. The van der Waals surface area contributed by atoms with E-state index in [0.717, 1.165) is 6.42 Å². The van der Waals surface area contributed by atoms with Crippen LogP contribution in [0.2, 0.25) is 0 Å². The minimum atomic E-state index is -0.795. The smallest absolute Gasteiger partial charge is 0.270 e. The fraction of sp³-hybridized carbons (Fsp3) is 0.417. The van der Waals surface area contributed by atoms with Crippen molar-refractivity contribution in [3.63, 3.8) is 0 Å². The molecular weight excluding hydrogens is 236 g/mol. The van der Waals surface area contributed by atoms with Crippen molar-refractivity contribution in [2.45, 2.75) is 24.9 Å². The summed E-state index contributed by atoms with van der Waals surface area (Å²) < 4.78 is 0. The topological polar surface area (TPSA) is 92.5 Å². The van der Waals surface area contributed by atoms with Crippen LogP contribution in [0.5, 0.6) is 0 Å². The molecule has 1 aliphatic carbocycles. The SMILES string of the molecule is O=C(NCC1(O)CCC1)c1cccc([N+](=O)[O-])c1. The van der Waals surface area contributed by atoms with Gasteiger partial charge in [-0.1, -0.05) is 6.07 Å². The molecule has 0 saturated heterocycles. The van der Waals surface area contributed by atoms with Crippen LogP contribution >= 0.6 is 0 Å². The Morgan fingerprint density at radius 3 is 2.78 bits per heavy atom. The van der Waals surface area contributed by atoms with E-state index in [1.165, 1.54) is 24.3 Å². The summed E-state index contributed by atoms with van der Waals surface area (Å²) in [6.07, 6.45) is 2.33. The van der Waals surface area contributed by atoms with Crippen LogP contribution in [-0.4, -0.2) is 28.1 Å². The predicted molar refractivity (Wildman–Crippen MR) is 64.2 cm³/mol. The molecule has 1 aliphatic rings. The van der Waals surface area contributed by atoms with Crippen molar-refractivity contribution in [1.29, 1.82) is 0 Å². The van der Waals surface area contributed by atoms with Crippen molar-refractivity contribution in [2.24, 2.45) is 0 Å². The molecule has 6 nitrogen and oxygen atoms in total. The maximum Gasteiger partial charge on any atom is 0.270 e. The van der Waals surface area contributed by atoms with Crippen molar-refractivity contribution < 1.29 is 14.8 Å². The van der Waals surface area contributed by atoms with Crippen molar-refractivity contribution in [3.8, 4) is 0 Å². The Bertz CT molecular complexity index is 483. The van der Waals surface area contributed by atoms with E-state index in [1.807, 2.05) is 0 Å². The van der Waals surface area contributed by atoms with Gasteiger partial charge in [0.05, 0.1) is 10.5 Å². The molecule has 0 atom stereocenters. The maximum absolute atomic E-state index is 11.8. The van der Waals surface area contributed by atoms with E-state index >= 15 is 0 Å². The number of benzene rings is 1. The van der Waals surface area contributed by atoms with Crippen LogP contribution < -0.4 is 5.32 Å². The van der Waals surface area contributed by atoms with Gasteiger partial charge in [0.1, 0.15) is 0 Å². The molecule has 0 aliphatic heterocycles. The summed E-state index contributed by atoms with van der Waals surface area (Å²) in [6, 6.07) is 5.52. The number of hydrogen-bond acceptors (Lipinski definition) is 4.